The van der Waals surface area contributed by atoms with E-state index in [0.29, 0.717) is 0 Å². The topological polar surface area (TPSA) is 50.4 Å². The Morgan fingerprint density at radius 1 is 1.33 bits per heavy atom. The van der Waals surface area contributed by atoms with Gasteiger partial charge in [-0.25, -0.2) is 0 Å². The maximum absolute atomic E-state index is 5.62. The van der Waals surface area contributed by atoms with Gasteiger partial charge in [-0.2, -0.15) is 5.10 Å². The summed E-state index contributed by atoms with van der Waals surface area (Å²) in [5.41, 5.74) is 11.3. The van der Waals surface area contributed by atoms with Crippen LogP contribution in [-0.4, -0.2) is 6.21 Å². The second-order valence-electron chi connectivity index (χ2n) is 2.60. The van der Waals surface area contributed by atoms with Crippen LogP contribution in [0.4, 0.5) is 11.4 Å². The fraction of sp³-hybridized carbons (Fsp3) is 0. The van der Waals surface area contributed by atoms with Crippen LogP contribution in [0.5, 0.6) is 0 Å². The minimum absolute atomic E-state index is 0.742. The van der Waals surface area contributed by atoms with Crippen LogP contribution in [0.1, 0.15) is 5.56 Å². The zero-order valence-electron chi connectivity index (χ0n) is 6.49. The molecule has 1 heterocycles. The predicted molar refractivity (Wildman–Crippen MR) is 52.0 cm³/mol. The summed E-state index contributed by atoms with van der Waals surface area (Å²) in [7, 11) is 0. The highest BCUT2D eigenvalue weighted by molar-refractivity contribution is 5.84. The van der Waals surface area contributed by atoms with Crippen molar-refractivity contribution in [1.82, 2.24) is 0 Å². The second kappa shape index (κ2) is 2.70. The van der Waals surface area contributed by atoms with Crippen LogP contribution in [0.3, 0.4) is 0 Å². The van der Waals surface area contributed by atoms with Gasteiger partial charge in [-0.05, 0) is 23.8 Å². The number of fused-ring (bicyclic) bond motifs is 1. The van der Waals surface area contributed by atoms with E-state index in [-0.39, 0.29) is 0 Å². The molecule has 0 atom stereocenters. The van der Waals surface area contributed by atoms with Gasteiger partial charge in [-0.15, -0.1) is 0 Å². The number of nitrogens with one attached hydrogen (secondary N) is 1. The van der Waals surface area contributed by atoms with Crippen LogP contribution in [0, 0.1) is 0 Å². The highest BCUT2D eigenvalue weighted by Gasteiger charge is 1.99. The summed E-state index contributed by atoms with van der Waals surface area (Å²) in [5.74, 6) is 0. The van der Waals surface area contributed by atoms with Crippen molar-refractivity contribution < 1.29 is 0 Å². The van der Waals surface area contributed by atoms with Gasteiger partial charge in [0.15, 0.2) is 0 Å². The average Bonchev–Trinajstić information content (AvgIpc) is 2.28. The normalized spacial score (nSPS) is 13.3. The third-order valence-corrected chi connectivity index (χ3v) is 1.70. The molecule has 3 heteroatoms. The van der Waals surface area contributed by atoms with Crippen LogP contribution < -0.4 is 11.2 Å². The molecule has 3 nitrogen and oxygen atoms in total. The van der Waals surface area contributed by atoms with Crippen LogP contribution in [-0.2, 0) is 0 Å². The van der Waals surface area contributed by atoms with E-state index in [9.17, 15) is 0 Å². The third kappa shape index (κ3) is 1.16. The Balaban J connectivity index is 2.53. The van der Waals surface area contributed by atoms with Crippen molar-refractivity contribution in [2.75, 3.05) is 11.2 Å². The van der Waals surface area contributed by atoms with Crippen LogP contribution in [0.15, 0.2) is 29.4 Å². The number of allylic oxidation sites excluding steroid dienone is 1. The van der Waals surface area contributed by atoms with E-state index >= 15 is 0 Å². The molecule has 1 aliphatic rings. The SMILES string of the molecule is Nc1ccc2c(c1)NN=CC=C2. The molecule has 2 rings (SSSR count). The molecule has 1 aromatic carbocycles. The van der Waals surface area contributed by atoms with Crippen molar-refractivity contribution in [2.45, 2.75) is 0 Å². The summed E-state index contributed by atoms with van der Waals surface area (Å²) in [6, 6.07) is 5.70. The van der Waals surface area contributed by atoms with Crippen LogP contribution in [0.25, 0.3) is 6.08 Å². The van der Waals surface area contributed by atoms with Crippen molar-refractivity contribution in [1.29, 1.82) is 0 Å². The van der Waals surface area contributed by atoms with E-state index in [0.717, 1.165) is 16.9 Å². The van der Waals surface area contributed by atoms with Gasteiger partial charge in [0, 0.05) is 11.9 Å². The summed E-state index contributed by atoms with van der Waals surface area (Å²) in [5, 5.41) is 3.94. The van der Waals surface area contributed by atoms with Gasteiger partial charge >= 0.3 is 0 Å². The van der Waals surface area contributed by atoms with Crippen LogP contribution >= 0.6 is 0 Å². The zero-order valence-corrected chi connectivity index (χ0v) is 6.49. The lowest BCUT2D eigenvalue weighted by atomic mass is 10.1. The lowest BCUT2D eigenvalue weighted by Gasteiger charge is -2.03. The third-order valence-electron chi connectivity index (χ3n) is 1.70. The summed E-state index contributed by atoms with van der Waals surface area (Å²) >= 11 is 0. The summed E-state index contributed by atoms with van der Waals surface area (Å²) in [6.45, 7) is 0. The first kappa shape index (κ1) is 6.91. The highest BCUT2D eigenvalue weighted by atomic mass is 15.3. The Bertz CT molecular complexity index is 353. The minimum Gasteiger partial charge on any atom is -0.399 e. The standard InChI is InChI=1S/C9H9N3/c10-8-4-3-7-2-1-5-11-12-9(7)6-8/h1-6,12H,10H2. The Hall–Kier alpha value is -1.77. The lowest BCUT2D eigenvalue weighted by molar-refractivity contribution is 1.36. The molecule has 0 saturated carbocycles. The van der Waals surface area contributed by atoms with E-state index in [4.69, 9.17) is 5.73 Å². The van der Waals surface area contributed by atoms with Gasteiger partial charge in [0.2, 0.25) is 0 Å². The van der Waals surface area contributed by atoms with Gasteiger partial charge in [-0.3, -0.25) is 5.43 Å². The molecule has 0 fully saturated rings. The molecule has 60 valence electrons. The summed E-state index contributed by atoms with van der Waals surface area (Å²) in [4.78, 5) is 0. The van der Waals surface area contributed by atoms with Crippen LogP contribution in [0.2, 0.25) is 0 Å². The molecule has 0 bridgehead atoms. The minimum atomic E-state index is 0.742. The second-order valence-corrected chi connectivity index (χ2v) is 2.60. The highest BCUT2D eigenvalue weighted by Crippen LogP contribution is 2.21. The van der Waals surface area contributed by atoms with E-state index in [1.54, 1.807) is 6.21 Å². The maximum atomic E-state index is 5.62. The Morgan fingerprint density at radius 3 is 3.17 bits per heavy atom. The number of anilines is 2. The van der Waals surface area contributed by atoms with Crippen molar-refractivity contribution in [3.05, 3.63) is 29.8 Å². The molecule has 0 aliphatic carbocycles. The van der Waals surface area contributed by atoms with Gasteiger partial charge in [0.25, 0.3) is 0 Å². The van der Waals surface area contributed by atoms with Crippen molar-refractivity contribution in [2.24, 2.45) is 5.10 Å². The molecule has 0 unspecified atom stereocenters. The Morgan fingerprint density at radius 2 is 2.25 bits per heavy atom. The number of hydrazone groups is 1. The molecule has 0 radical (unpaired) electrons. The van der Waals surface area contributed by atoms with E-state index in [1.165, 1.54) is 0 Å². The molecule has 0 aromatic heterocycles. The molecule has 0 saturated heterocycles. The maximum Gasteiger partial charge on any atom is 0.0654 e. The van der Waals surface area contributed by atoms with Gasteiger partial charge in [0.05, 0.1) is 5.69 Å². The Kier molecular flexibility index (Phi) is 1.55. The first-order valence-electron chi connectivity index (χ1n) is 3.71. The molecular formula is C9H9N3. The number of nitrogens with two attached hydrogens (primary N) is 1. The summed E-state index contributed by atoms with van der Waals surface area (Å²) < 4.78 is 0. The smallest absolute Gasteiger partial charge is 0.0654 e. The molecule has 1 aromatic rings. The largest absolute Gasteiger partial charge is 0.399 e. The van der Waals surface area contributed by atoms with Crippen molar-refractivity contribution in [3.8, 4) is 0 Å². The first-order valence-corrected chi connectivity index (χ1v) is 3.71. The number of hydrogen-bond acceptors (Lipinski definition) is 3. The van der Waals surface area contributed by atoms with Gasteiger partial charge < -0.3 is 5.73 Å². The number of nitrogens with zero attached hydrogens (tertiary/aromatic N) is 1. The number of benzene rings is 1. The van der Waals surface area contributed by atoms with Crippen molar-refractivity contribution >= 4 is 23.7 Å². The van der Waals surface area contributed by atoms with E-state index in [2.05, 4.69) is 10.5 Å². The van der Waals surface area contributed by atoms with Crippen molar-refractivity contribution in [3.63, 3.8) is 0 Å². The van der Waals surface area contributed by atoms with Gasteiger partial charge in [-0.1, -0.05) is 12.1 Å². The fourth-order valence-corrected chi connectivity index (χ4v) is 1.11. The Labute approximate surface area is 70.6 Å². The number of rotatable bonds is 0. The quantitative estimate of drug-likeness (QED) is 0.566. The predicted octanol–water partition coefficient (Wildman–Crippen LogP) is 1.69. The molecule has 0 amide bonds. The number of hydrogen-bond donors (Lipinski definition) is 2. The molecular weight excluding hydrogens is 150 g/mol. The summed E-state index contributed by atoms with van der Waals surface area (Å²) in [6.07, 6.45) is 5.57. The number of nitrogen functional groups attached to an aromatic ring is 1. The van der Waals surface area contributed by atoms with Gasteiger partial charge in [0.1, 0.15) is 0 Å². The lowest BCUT2D eigenvalue weighted by Crippen LogP contribution is -1.92. The fourth-order valence-electron chi connectivity index (χ4n) is 1.11. The molecule has 0 spiro atoms. The average molecular weight is 159 g/mol. The van der Waals surface area contributed by atoms with E-state index in [1.807, 2.05) is 30.4 Å². The molecule has 1 aliphatic heterocycles. The molecule has 3 N–H and O–H groups in total. The first-order chi connectivity index (χ1) is 5.86. The monoisotopic (exact) mass is 159 g/mol. The molecule has 12 heavy (non-hydrogen) atoms. The van der Waals surface area contributed by atoms with E-state index < -0.39 is 0 Å². The zero-order chi connectivity index (χ0) is 8.39.